The molecule has 0 aliphatic carbocycles. The van der Waals surface area contributed by atoms with Gasteiger partial charge in [0, 0.05) is 0 Å². The fraction of sp³-hybridized carbons (Fsp3) is 0.286. The highest BCUT2D eigenvalue weighted by Gasteiger charge is 2.19. The molecule has 0 aliphatic rings. The number of aromatic nitrogens is 2. The minimum atomic E-state index is 0.169. The summed E-state index contributed by atoms with van der Waals surface area (Å²) in [6, 6.07) is 9.97. The summed E-state index contributed by atoms with van der Waals surface area (Å²) in [5, 5.41) is 14.0. The molecule has 92 valence electrons. The van der Waals surface area contributed by atoms with Gasteiger partial charge >= 0.3 is 0 Å². The van der Waals surface area contributed by atoms with E-state index in [1.165, 1.54) is 0 Å². The average Bonchev–Trinajstić information content (AvgIpc) is 2.67. The van der Waals surface area contributed by atoms with Crippen molar-refractivity contribution in [2.45, 2.75) is 26.7 Å². The second-order valence-electron chi connectivity index (χ2n) is 4.52. The van der Waals surface area contributed by atoms with Crippen LogP contribution in [0.25, 0.3) is 5.69 Å². The molecule has 0 bridgehead atoms. The highest BCUT2D eigenvalue weighted by molar-refractivity contribution is 6.31. The Bertz CT molecular complexity index is 620. The minimum Gasteiger partial charge on any atom is -0.220 e. The zero-order valence-corrected chi connectivity index (χ0v) is 11.4. The number of benzene rings is 1. The van der Waals surface area contributed by atoms with Gasteiger partial charge in [0.15, 0.2) is 5.15 Å². The highest BCUT2D eigenvalue weighted by Crippen LogP contribution is 2.28. The maximum absolute atomic E-state index is 9.19. The Kier molecular flexibility index (Phi) is 3.40. The van der Waals surface area contributed by atoms with Crippen LogP contribution >= 0.6 is 11.6 Å². The van der Waals surface area contributed by atoms with Crippen molar-refractivity contribution in [3.05, 3.63) is 46.2 Å². The molecule has 0 amide bonds. The highest BCUT2D eigenvalue weighted by atomic mass is 35.5. The normalized spacial score (nSPS) is 10.7. The number of halogens is 1. The van der Waals surface area contributed by atoms with E-state index in [9.17, 15) is 5.26 Å². The van der Waals surface area contributed by atoms with Gasteiger partial charge in [-0.3, -0.25) is 0 Å². The van der Waals surface area contributed by atoms with Gasteiger partial charge in [0.25, 0.3) is 0 Å². The molecule has 0 fully saturated rings. The topological polar surface area (TPSA) is 41.6 Å². The van der Waals surface area contributed by atoms with Crippen LogP contribution in [0.3, 0.4) is 0 Å². The number of aryl methyl sites for hydroxylation is 1. The molecular weight excluding hydrogens is 246 g/mol. The number of rotatable bonds is 2. The molecule has 0 saturated heterocycles. The van der Waals surface area contributed by atoms with Crippen molar-refractivity contribution in [1.29, 1.82) is 5.26 Å². The van der Waals surface area contributed by atoms with Crippen LogP contribution in [-0.4, -0.2) is 9.78 Å². The fourth-order valence-electron chi connectivity index (χ4n) is 1.88. The number of hydrogen-bond acceptors (Lipinski definition) is 2. The molecule has 0 spiro atoms. The number of nitrogens with zero attached hydrogens (tertiary/aromatic N) is 3. The van der Waals surface area contributed by atoms with Gasteiger partial charge in [-0.1, -0.05) is 43.6 Å². The maximum atomic E-state index is 9.19. The summed E-state index contributed by atoms with van der Waals surface area (Å²) >= 11 is 6.26. The molecule has 1 aromatic carbocycles. The summed E-state index contributed by atoms with van der Waals surface area (Å²) in [7, 11) is 0. The summed E-state index contributed by atoms with van der Waals surface area (Å²) in [5.74, 6) is 0.169. The van der Waals surface area contributed by atoms with Gasteiger partial charge in [-0.25, -0.2) is 4.68 Å². The van der Waals surface area contributed by atoms with Crippen molar-refractivity contribution in [1.82, 2.24) is 9.78 Å². The molecule has 0 N–H and O–H groups in total. The van der Waals surface area contributed by atoms with Crippen LogP contribution in [0, 0.1) is 18.3 Å². The fourth-order valence-corrected chi connectivity index (χ4v) is 2.15. The third-order valence-electron chi connectivity index (χ3n) is 2.86. The van der Waals surface area contributed by atoms with Crippen LogP contribution in [0.4, 0.5) is 0 Å². The zero-order valence-electron chi connectivity index (χ0n) is 10.6. The van der Waals surface area contributed by atoms with Gasteiger partial charge in [0.1, 0.15) is 11.6 Å². The lowest BCUT2D eigenvalue weighted by Gasteiger charge is -2.06. The molecule has 1 heterocycles. The molecule has 2 aromatic rings. The Balaban J connectivity index is 2.68. The van der Waals surface area contributed by atoms with Gasteiger partial charge in [-0.15, -0.1) is 0 Å². The first-order valence-corrected chi connectivity index (χ1v) is 6.18. The van der Waals surface area contributed by atoms with Crippen LogP contribution in [0.15, 0.2) is 24.3 Å². The second kappa shape index (κ2) is 4.83. The van der Waals surface area contributed by atoms with Gasteiger partial charge in [0.2, 0.25) is 0 Å². The summed E-state index contributed by atoms with van der Waals surface area (Å²) in [5.41, 5.74) is 3.19. The van der Waals surface area contributed by atoms with Crippen molar-refractivity contribution in [2.24, 2.45) is 0 Å². The van der Waals surface area contributed by atoms with Crippen LogP contribution in [-0.2, 0) is 0 Å². The third-order valence-corrected chi connectivity index (χ3v) is 3.21. The predicted octanol–water partition coefficient (Wildman–Crippen LogP) is 3.83. The van der Waals surface area contributed by atoms with E-state index in [1.807, 2.05) is 45.0 Å². The van der Waals surface area contributed by atoms with Crippen molar-refractivity contribution in [2.75, 3.05) is 0 Å². The van der Waals surface area contributed by atoms with Crippen molar-refractivity contribution in [3.63, 3.8) is 0 Å². The molecule has 4 heteroatoms. The molecule has 18 heavy (non-hydrogen) atoms. The third kappa shape index (κ3) is 2.00. The van der Waals surface area contributed by atoms with E-state index in [4.69, 9.17) is 11.6 Å². The van der Waals surface area contributed by atoms with Gasteiger partial charge in [-0.05, 0) is 24.5 Å². The summed E-state index contributed by atoms with van der Waals surface area (Å²) in [6.07, 6.45) is 0. The molecule has 0 atom stereocenters. The van der Waals surface area contributed by atoms with E-state index >= 15 is 0 Å². The zero-order chi connectivity index (χ0) is 13.3. The lowest BCUT2D eigenvalue weighted by molar-refractivity contribution is 0.765. The van der Waals surface area contributed by atoms with E-state index in [0.29, 0.717) is 10.7 Å². The monoisotopic (exact) mass is 259 g/mol. The Hall–Kier alpha value is -1.79. The van der Waals surface area contributed by atoms with E-state index in [1.54, 1.807) is 4.68 Å². The molecule has 0 saturated carbocycles. The largest absolute Gasteiger partial charge is 0.220 e. The molecule has 0 radical (unpaired) electrons. The Morgan fingerprint density at radius 2 is 2.00 bits per heavy atom. The second-order valence-corrected chi connectivity index (χ2v) is 4.87. The first kappa shape index (κ1) is 12.7. The van der Waals surface area contributed by atoms with Crippen LogP contribution in [0.1, 0.15) is 36.6 Å². The maximum Gasteiger partial charge on any atom is 0.150 e. The predicted molar refractivity (Wildman–Crippen MR) is 72.1 cm³/mol. The Labute approximate surface area is 112 Å². The van der Waals surface area contributed by atoms with Crippen molar-refractivity contribution in [3.8, 4) is 11.8 Å². The first-order valence-electron chi connectivity index (χ1n) is 5.80. The van der Waals surface area contributed by atoms with Gasteiger partial charge in [0.05, 0.1) is 11.4 Å². The van der Waals surface area contributed by atoms with Crippen molar-refractivity contribution >= 4 is 11.6 Å². The van der Waals surface area contributed by atoms with E-state index in [2.05, 4.69) is 11.2 Å². The SMILES string of the molecule is Cc1ccccc1-n1nc(C(C)C)c(C#N)c1Cl. The van der Waals surface area contributed by atoms with Crippen LogP contribution < -0.4 is 0 Å². The molecule has 3 nitrogen and oxygen atoms in total. The molecular formula is C14H14ClN3. The molecule has 0 aliphatic heterocycles. The standard InChI is InChI=1S/C14H14ClN3/c1-9(2)13-11(8-16)14(15)18(17-13)12-7-5-4-6-10(12)3/h4-7,9H,1-3H3. The number of nitriles is 1. The van der Waals surface area contributed by atoms with Crippen LogP contribution in [0.5, 0.6) is 0 Å². The lowest BCUT2D eigenvalue weighted by Crippen LogP contribution is -2.00. The minimum absolute atomic E-state index is 0.169. The average molecular weight is 260 g/mol. The molecule has 1 aromatic heterocycles. The van der Waals surface area contributed by atoms with Gasteiger partial charge in [-0.2, -0.15) is 10.4 Å². The smallest absolute Gasteiger partial charge is 0.150 e. The summed E-state index contributed by atoms with van der Waals surface area (Å²) < 4.78 is 1.64. The van der Waals surface area contributed by atoms with E-state index in [-0.39, 0.29) is 5.92 Å². The summed E-state index contributed by atoms with van der Waals surface area (Å²) in [4.78, 5) is 0. The quantitative estimate of drug-likeness (QED) is 0.822. The number of para-hydroxylation sites is 1. The lowest BCUT2D eigenvalue weighted by atomic mass is 10.1. The first-order chi connectivity index (χ1) is 8.56. The Morgan fingerprint density at radius 1 is 1.33 bits per heavy atom. The van der Waals surface area contributed by atoms with Crippen molar-refractivity contribution < 1.29 is 0 Å². The Morgan fingerprint density at radius 3 is 2.50 bits per heavy atom. The van der Waals surface area contributed by atoms with E-state index in [0.717, 1.165) is 16.9 Å². The van der Waals surface area contributed by atoms with Crippen LogP contribution in [0.2, 0.25) is 5.15 Å². The number of hydrogen-bond donors (Lipinski definition) is 0. The molecule has 0 unspecified atom stereocenters. The van der Waals surface area contributed by atoms with Gasteiger partial charge < -0.3 is 0 Å². The summed E-state index contributed by atoms with van der Waals surface area (Å²) in [6.45, 7) is 6.00. The van der Waals surface area contributed by atoms with E-state index < -0.39 is 0 Å². The molecule has 2 rings (SSSR count).